The Bertz CT molecular complexity index is 513. The van der Waals surface area contributed by atoms with Crippen molar-refractivity contribution in [2.45, 2.75) is 37.5 Å². The van der Waals surface area contributed by atoms with Gasteiger partial charge in [-0.15, -0.1) is 0 Å². The average Bonchev–Trinajstić information content (AvgIpc) is 2.68. The quantitative estimate of drug-likeness (QED) is 0.758. The zero-order chi connectivity index (χ0) is 13.1. The molecule has 1 fully saturated rings. The summed E-state index contributed by atoms with van der Waals surface area (Å²) in [4.78, 5) is 8.74. The third-order valence-corrected chi connectivity index (χ3v) is 4.72. The standard InChI is InChI=1S/C16H20N2S/c1-2-13-12-19-15-9-5-4-8-14(15)16(17-13)18-10-6-3-7-11-18/h4-5,8-9,12H,2-3,6-7,10-11H2,1H3. The Hall–Kier alpha value is -1.22. The van der Waals surface area contributed by atoms with Crippen LogP contribution in [0.2, 0.25) is 0 Å². The van der Waals surface area contributed by atoms with Crippen molar-refractivity contribution in [1.29, 1.82) is 0 Å². The van der Waals surface area contributed by atoms with E-state index < -0.39 is 0 Å². The summed E-state index contributed by atoms with van der Waals surface area (Å²) in [5, 5.41) is 2.20. The van der Waals surface area contributed by atoms with Crippen LogP contribution in [0.15, 0.2) is 45.3 Å². The summed E-state index contributed by atoms with van der Waals surface area (Å²) in [6.07, 6.45) is 4.94. The summed E-state index contributed by atoms with van der Waals surface area (Å²) in [6, 6.07) is 8.65. The summed E-state index contributed by atoms with van der Waals surface area (Å²) in [5.41, 5.74) is 2.50. The van der Waals surface area contributed by atoms with Gasteiger partial charge in [0, 0.05) is 29.2 Å². The van der Waals surface area contributed by atoms with Gasteiger partial charge < -0.3 is 4.90 Å². The number of amidine groups is 1. The monoisotopic (exact) mass is 272 g/mol. The summed E-state index contributed by atoms with van der Waals surface area (Å²) in [5.74, 6) is 1.19. The molecule has 19 heavy (non-hydrogen) atoms. The molecule has 2 aliphatic heterocycles. The van der Waals surface area contributed by atoms with E-state index in [0.717, 1.165) is 19.5 Å². The molecule has 2 nitrogen and oxygen atoms in total. The molecule has 3 rings (SSSR count). The molecule has 2 aliphatic rings. The van der Waals surface area contributed by atoms with Crippen molar-refractivity contribution in [2.75, 3.05) is 13.1 Å². The van der Waals surface area contributed by atoms with Crippen LogP contribution in [-0.2, 0) is 0 Å². The Kier molecular flexibility index (Phi) is 3.92. The van der Waals surface area contributed by atoms with Crippen LogP contribution >= 0.6 is 11.8 Å². The number of benzene rings is 1. The lowest BCUT2D eigenvalue weighted by Gasteiger charge is -2.30. The lowest BCUT2D eigenvalue weighted by molar-refractivity contribution is 0.342. The van der Waals surface area contributed by atoms with Gasteiger partial charge in [-0.3, -0.25) is 0 Å². The lowest BCUT2D eigenvalue weighted by atomic mass is 10.1. The van der Waals surface area contributed by atoms with E-state index in [1.54, 1.807) is 11.8 Å². The number of piperidine rings is 1. The van der Waals surface area contributed by atoms with Gasteiger partial charge in [-0.1, -0.05) is 36.9 Å². The van der Waals surface area contributed by atoms with Crippen LogP contribution in [0.4, 0.5) is 0 Å². The number of thioether (sulfide) groups is 1. The Labute approximate surface area is 119 Å². The van der Waals surface area contributed by atoms with Crippen molar-refractivity contribution in [3.8, 4) is 0 Å². The number of hydrogen-bond donors (Lipinski definition) is 0. The Morgan fingerprint density at radius 1 is 1.16 bits per heavy atom. The maximum absolute atomic E-state index is 4.94. The van der Waals surface area contributed by atoms with Gasteiger partial charge in [0.2, 0.25) is 0 Å². The fraction of sp³-hybridized carbons (Fsp3) is 0.438. The molecule has 0 spiro atoms. The second kappa shape index (κ2) is 5.83. The van der Waals surface area contributed by atoms with Crippen LogP contribution in [0, 0.1) is 0 Å². The number of likely N-dealkylation sites (tertiary alicyclic amines) is 1. The lowest BCUT2D eigenvalue weighted by Crippen LogP contribution is -2.36. The number of hydrogen-bond acceptors (Lipinski definition) is 3. The molecule has 100 valence electrons. The van der Waals surface area contributed by atoms with Gasteiger partial charge >= 0.3 is 0 Å². The SMILES string of the molecule is CCC1=CSc2ccccc2C(N2CCCCC2)=N1. The van der Waals surface area contributed by atoms with E-state index in [9.17, 15) is 0 Å². The molecule has 2 heterocycles. The first-order valence-corrected chi connectivity index (χ1v) is 8.05. The minimum Gasteiger partial charge on any atom is -0.356 e. The van der Waals surface area contributed by atoms with E-state index >= 15 is 0 Å². The van der Waals surface area contributed by atoms with Gasteiger partial charge in [0.05, 0.1) is 0 Å². The first kappa shape index (κ1) is 12.8. The molecule has 0 aliphatic carbocycles. The highest BCUT2D eigenvalue weighted by atomic mass is 32.2. The summed E-state index contributed by atoms with van der Waals surface area (Å²) in [7, 11) is 0. The van der Waals surface area contributed by atoms with Gasteiger partial charge in [-0.2, -0.15) is 0 Å². The average molecular weight is 272 g/mol. The fourth-order valence-electron chi connectivity index (χ4n) is 2.62. The Morgan fingerprint density at radius 2 is 1.95 bits per heavy atom. The molecule has 0 unspecified atom stereocenters. The van der Waals surface area contributed by atoms with Crippen molar-refractivity contribution in [2.24, 2.45) is 4.99 Å². The van der Waals surface area contributed by atoms with Gasteiger partial charge in [-0.05, 0) is 37.2 Å². The third-order valence-electron chi connectivity index (χ3n) is 3.72. The van der Waals surface area contributed by atoms with Crippen molar-refractivity contribution in [3.05, 3.63) is 40.9 Å². The molecule has 0 N–H and O–H groups in total. The maximum atomic E-state index is 4.94. The molecule has 1 aromatic carbocycles. The topological polar surface area (TPSA) is 15.6 Å². The number of nitrogens with zero attached hydrogens (tertiary/aromatic N) is 2. The van der Waals surface area contributed by atoms with Crippen molar-refractivity contribution >= 4 is 17.6 Å². The van der Waals surface area contributed by atoms with Gasteiger partial charge in [0.1, 0.15) is 5.84 Å². The largest absolute Gasteiger partial charge is 0.356 e. The molecule has 0 saturated carbocycles. The van der Waals surface area contributed by atoms with E-state index in [2.05, 4.69) is 41.5 Å². The molecule has 0 amide bonds. The van der Waals surface area contributed by atoms with Crippen molar-refractivity contribution < 1.29 is 0 Å². The summed E-state index contributed by atoms with van der Waals surface area (Å²) in [6.45, 7) is 4.48. The van der Waals surface area contributed by atoms with E-state index in [4.69, 9.17) is 4.99 Å². The van der Waals surface area contributed by atoms with Crippen molar-refractivity contribution in [3.63, 3.8) is 0 Å². The van der Waals surface area contributed by atoms with Crippen LogP contribution in [0.5, 0.6) is 0 Å². The molecule has 0 bridgehead atoms. The van der Waals surface area contributed by atoms with Gasteiger partial charge in [0.15, 0.2) is 0 Å². The first-order valence-electron chi connectivity index (χ1n) is 7.17. The summed E-state index contributed by atoms with van der Waals surface area (Å²) < 4.78 is 0. The van der Waals surface area contributed by atoms with Gasteiger partial charge in [-0.25, -0.2) is 4.99 Å². The third kappa shape index (κ3) is 2.71. The van der Waals surface area contributed by atoms with Crippen LogP contribution in [0.3, 0.4) is 0 Å². The first-order chi connectivity index (χ1) is 9.38. The maximum Gasteiger partial charge on any atom is 0.137 e. The number of allylic oxidation sites excluding steroid dienone is 1. The fourth-order valence-corrected chi connectivity index (χ4v) is 3.54. The zero-order valence-electron chi connectivity index (χ0n) is 11.4. The number of aliphatic imine (C=N–C) groups is 1. The highest BCUT2D eigenvalue weighted by Crippen LogP contribution is 2.31. The molecule has 0 atom stereocenters. The van der Waals surface area contributed by atoms with E-state index in [-0.39, 0.29) is 0 Å². The molecular formula is C16H20N2S. The van der Waals surface area contributed by atoms with Crippen molar-refractivity contribution in [1.82, 2.24) is 4.90 Å². The van der Waals surface area contributed by atoms with Crippen LogP contribution in [-0.4, -0.2) is 23.8 Å². The van der Waals surface area contributed by atoms with Gasteiger partial charge in [0.25, 0.3) is 0 Å². The van der Waals surface area contributed by atoms with E-state index in [1.165, 1.54) is 41.3 Å². The van der Waals surface area contributed by atoms with Crippen LogP contribution in [0.1, 0.15) is 38.2 Å². The predicted molar refractivity (Wildman–Crippen MR) is 82.6 cm³/mol. The zero-order valence-corrected chi connectivity index (χ0v) is 12.2. The molecule has 0 radical (unpaired) electrons. The number of fused-ring (bicyclic) bond motifs is 1. The molecule has 3 heteroatoms. The smallest absolute Gasteiger partial charge is 0.137 e. The molecule has 0 aromatic heterocycles. The second-order valence-corrected chi connectivity index (χ2v) is 5.97. The van der Waals surface area contributed by atoms with E-state index in [1.807, 2.05) is 0 Å². The Balaban J connectivity index is 2.02. The summed E-state index contributed by atoms with van der Waals surface area (Å²) >= 11 is 1.81. The second-order valence-electron chi connectivity index (χ2n) is 5.06. The number of rotatable bonds is 1. The minimum atomic E-state index is 0.998. The Morgan fingerprint density at radius 3 is 2.74 bits per heavy atom. The highest BCUT2D eigenvalue weighted by molar-refractivity contribution is 8.02. The molecule has 1 saturated heterocycles. The predicted octanol–water partition coefficient (Wildman–Crippen LogP) is 4.28. The minimum absolute atomic E-state index is 0.998. The normalized spacial score (nSPS) is 19.3. The molecular weight excluding hydrogens is 252 g/mol. The van der Waals surface area contributed by atoms with Crippen LogP contribution < -0.4 is 0 Å². The highest BCUT2D eigenvalue weighted by Gasteiger charge is 2.20. The molecule has 1 aromatic rings. The van der Waals surface area contributed by atoms with Crippen LogP contribution in [0.25, 0.3) is 0 Å². The van der Waals surface area contributed by atoms with E-state index in [0.29, 0.717) is 0 Å².